The van der Waals surface area contributed by atoms with Gasteiger partial charge in [-0.05, 0) is 29.8 Å². The van der Waals surface area contributed by atoms with E-state index in [0.717, 1.165) is 10.5 Å². The van der Waals surface area contributed by atoms with Crippen molar-refractivity contribution >= 4 is 17.5 Å². The summed E-state index contributed by atoms with van der Waals surface area (Å²) in [6.45, 7) is 0.297. The standard InChI is InChI=1S/C17H13FN2O3/c18-17-14(2-1-10-19-17)23-11-9-12-3-5-13(6-4-12)20-15(21)7-8-16(20)22/h1-8,10H,9,11H2. The number of benzene rings is 1. The molecule has 1 aromatic heterocycles. The number of ether oxygens (including phenoxy) is 1. The van der Waals surface area contributed by atoms with E-state index in [2.05, 4.69) is 4.98 Å². The summed E-state index contributed by atoms with van der Waals surface area (Å²) < 4.78 is 18.6. The number of hydrogen-bond acceptors (Lipinski definition) is 4. The third kappa shape index (κ3) is 3.26. The minimum Gasteiger partial charge on any atom is -0.488 e. The predicted octanol–water partition coefficient (Wildman–Crippen LogP) is 2.27. The number of nitrogens with zero attached hydrogens (tertiary/aromatic N) is 2. The lowest BCUT2D eigenvalue weighted by atomic mass is 10.1. The van der Waals surface area contributed by atoms with Crippen molar-refractivity contribution in [3.63, 3.8) is 0 Å². The van der Waals surface area contributed by atoms with Gasteiger partial charge in [-0.15, -0.1) is 0 Å². The molecule has 1 aliphatic heterocycles. The van der Waals surface area contributed by atoms with Crippen molar-refractivity contribution in [1.29, 1.82) is 0 Å². The van der Waals surface area contributed by atoms with Crippen LogP contribution in [0.4, 0.5) is 10.1 Å². The third-order valence-electron chi connectivity index (χ3n) is 3.38. The molecule has 3 rings (SSSR count). The van der Waals surface area contributed by atoms with Gasteiger partial charge in [0, 0.05) is 24.8 Å². The van der Waals surface area contributed by atoms with Crippen molar-refractivity contribution < 1.29 is 18.7 Å². The Labute approximate surface area is 132 Å². The first kappa shape index (κ1) is 14.9. The van der Waals surface area contributed by atoms with Gasteiger partial charge in [0.15, 0.2) is 5.75 Å². The van der Waals surface area contributed by atoms with Gasteiger partial charge >= 0.3 is 0 Å². The molecule has 0 fully saturated rings. The average Bonchev–Trinajstić information content (AvgIpc) is 2.89. The van der Waals surface area contributed by atoms with Crippen LogP contribution in [0, 0.1) is 5.95 Å². The van der Waals surface area contributed by atoms with Crippen LogP contribution in [0.3, 0.4) is 0 Å². The zero-order valence-corrected chi connectivity index (χ0v) is 12.1. The lowest BCUT2D eigenvalue weighted by molar-refractivity contribution is -0.119. The molecule has 5 nitrogen and oxygen atoms in total. The fourth-order valence-corrected chi connectivity index (χ4v) is 2.22. The van der Waals surface area contributed by atoms with Crippen LogP contribution in [0.1, 0.15) is 5.56 Å². The summed E-state index contributed by atoms with van der Waals surface area (Å²) in [6.07, 6.45) is 4.41. The van der Waals surface area contributed by atoms with Gasteiger partial charge in [0.2, 0.25) is 0 Å². The quantitative estimate of drug-likeness (QED) is 0.628. The molecular weight excluding hydrogens is 299 g/mol. The van der Waals surface area contributed by atoms with Crippen LogP contribution < -0.4 is 9.64 Å². The Balaban J connectivity index is 1.59. The summed E-state index contributed by atoms with van der Waals surface area (Å²) >= 11 is 0. The number of aromatic nitrogens is 1. The van der Waals surface area contributed by atoms with Gasteiger partial charge in [-0.2, -0.15) is 4.39 Å². The largest absolute Gasteiger partial charge is 0.488 e. The molecular formula is C17H13FN2O3. The zero-order chi connectivity index (χ0) is 16.2. The maximum atomic E-state index is 13.3. The van der Waals surface area contributed by atoms with Crippen molar-refractivity contribution in [3.8, 4) is 5.75 Å². The normalized spacial score (nSPS) is 13.7. The Morgan fingerprint density at radius 2 is 1.74 bits per heavy atom. The lowest BCUT2D eigenvalue weighted by Crippen LogP contribution is -2.29. The number of pyridine rings is 1. The molecule has 2 amide bonds. The number of carbonyl (C=O) groups excluding carboxylic acids is 2. The first-order chi connectivity index (χ1) is 11.1. The molecule has 0 saturated carbocycles. The lowest BCUT2D eigenvalue weighted by Gasteiger charge is -2.14. The zero-order valence-electron chi connectivity index (χ0n) is 12.1. The van der Waals surface area contributed by atoms with Crippen LogP contribution in [-0.4, -0.2) is 23.4 Å². The van der Waals surface area contributed by atoms with E-state index >= 15 is 0 Å². The van der Waals surface area contributed by atoms with Crippen molar-refractivity contribution in [2.24, 2.45) is 0 Å². The number of halogens is 1. The van der Waals surface area contributed by atoms with Crippen molar-refractivity contribution in [2.75, 3.05) is 11.5 Å². The Morgan fingerprint density at radius 3 is 2.39 bits per heavy atom. The molecule has 116 valence electrons. The molecule has 2 aromatic rings. The highest BCUT2D eigenvalue weighted by molar-refractivity contribution is 6.28. The molecule has 0 N–H and O–H groups in total. The van der Waals surface area contributed by atoms with Gasteiger partial charge in [0.1, 0.15) is 0 Å². The Hall–Kier alpha value is -3.02. The molecule has 0 aliphatic carbocycles. The number of hydrogen-bond donors (Lipinski definition) is 0. The molecule has 0 atom stereocenters. The van der Waals surface area contributed by atoms with E-state index in [1.54, 1.807) is 30.3 Å². The molecule has 0 unspecified atom stereocenters. The predicted molar refractivity (Wildman–Crippen MR) is 81.5 cm³/mol. The molecule has 0 spiro atoms. The monoisotopic (exact) mass is 312 g/mol. The average molecular weight is 312 g/mol. The maximum Gasteiger partial charge on any atom is 0.258 e. The molecule has 0 saturated heterocycles. The number of imide groups is 1. The second-order valence-corrected chi connectivity index (χ2v) is 4.90. The number of rotatable bonds is 5. The van der Waals surface area contributed by atoms with Gasteiger partial charge in [0.05, 0.1) is 12.3 Å². The van der Waals surface area contributed by atoms with Crippen molar-refractivity contribution in [3.05, 3.63) is 66.3 Å². The van der Waals surface area contributed by atoms with E-state index in [1.165, 1.54) is 24.4 Å². The highest BCUT2D eigenvalue weighted by Gasteiger charge is 2.24. The molecule has 2 heterocycles. The van der Waals surface area contributed by atoms with Crippen molar-refractivity contribution in [2.45, 2.75) is 6.42 Å². The van der Waals surface area contributed by atoms with Crippen LogP contribution >= 0.6 is 0 Å². The maximum absolute atomic E-state index is 13.3. The molecule has 0 bridgehead atoms. The molecule has 1 aliphatic rings. The van der Waals surface area contributed by atoms with Gasteiger partial charge in [-0.3, -0.25) is 9.59 Å². The summed E-state index contributed by atoms with van der Waals surface area (Å²) in [7, 11) is 0. The summed E-state index contributed by atoms with van der Waals surface area (Å²) in [6, 6.07) is 10.1. The number of amides is 2. The van der Waals surface area contributed by atoms with Gasteiger partial charge in [-0.1, -0.05) is 12.1 Å². The van der Waals surface area contributed by atoms with Crippen LogP contribution in [0.2, 0.25) is 0 Å². The summed E-state index contributed by atoms with van der Waals surface area (Å²) in [4.78, 5) is 27.8. The van der Waals surface area contributed by atoms with Gasteiger partial charge in [-0.25, -0.2) is 9.88 Å². The van der Waals surface area contributed by atoms with Crippen LogP contribution in [0.5, 0.6) is 5.75 Å². The fraction of sp³-hybridized carbons (Fsp3) is 0.118. The highest BCUT2D eigenvalue weighted by Crippen LogP contribution is 2.20. The third-order valence-corrected chi connectivity index (χ3v) is 3.38. The first-order valence-electron chi connectivity index (χ1n) is 7.03. The highest BCUT2D eigenvalue weighted by atomic mass is 19.1. The topological polar surface area (TPSA) is 59.5 Å². The Bertz CT molecular complexity index is 754. The van der Waals surface area contributed by atoms with E-state index < -0.39 is 5.95 Å². The van der Waals surface area contributed by atoms with E-state index in [1.807, 2.05) is 0 Å². The second kappa shape index (κ2) is 6.39. The fourth-order valence-electron chi connectivity index (χ4n) is 2.22. The number of anilines is 1. The summed E-state index contributed by atoms with van der Waals surface area (Å²) in [5.41, 5.74) is 1.47. The number of carbonyl (C=O) groups is 2. The van der Waals surface area contributed by atoms with Crippen LogP contribution in [-0.2, 0) is 16.0 Å². The van der Waals surface area contributed by atoms with Crippen LogP contribution in [0.25, 0.3) is 0 Å². The van der Waals surface area contributed by atoms with E-state index in [-0.39, 0.29) is 17.6 Å². The molecule has 23 heavy (non-hydrogen) atoms. The van der Waals surface area contributed by atoms with Gasteiger partial charge < -0.3 is 4.74 Å². The Kier molecular flexibility index (Phi) is 4.14. The molecule has 0 radical (unpaired) electrons. The van der Waals surface area contributed by atoms with E-state index in [4.69, 9.17) is 4.74 Å². The molecule has 1 aromatic carbocycles. The van der Waals surface area contributed by atoms with E-state index in [0.29, 0.717) is 18.7 Å². The minimum absolute atomic E-state index is 0.114. The smallest absolute Gasteiger partial charge is 0.258 e. The van der Waals surface area contributed by atoms with Crippen LogP contribution in [0.15, 0.2) is 54.7 Å². The second-order valence-electron chi connectivity index (χ2n) is 4.90. The first-order valence-corrected chi connectivity index (χ1v) is 7.03. The van der Waals surface area contributed by atoms with Crippen molar-refractivity contribution in [1.82, 2.24) is 4.98 Å². The van der Waals surface area contributed by atoms with E-state index in [9.17, 15) is 14.0 Å². The minimum atomic E-state index is -0.638. The SMILES string of the molecule is O=C1C=CC(=O)N1c1ccc(CCOc2cccnc2F)cc1. The molecule has 6 heteroatoms. The Morgan fingerprint density at radius 1 is 1.04 bits per heavy atom. The van der Waals surface area contributed by atoms with Gasteiger partial charge in [0.25, 0.3) is 17.8 Å². The summed E-state index contributed by atoms with van der Waals surface area (Å²) in [5.74, 6) is -1.22. The summed E-state index contributed by atoms with van der Waals surface area (Å²) in [5, 5.41) is 0.